The Morgan fingerprint density at radius 2 is 1.64 bits per heavy atom. The Bertz CT molecular complexity index is 652. The predicted molar refractivity (Wildman–Crippen MR) is 100 cm³/mol. The second-order valence-corrected chi connectivity index (χ2v) is 6.05. The number of carbonyl (C=O) groups is 1. The number of rotatable bonds is 9. The van der Waals surface area contributed by atoms with Crippen molar-refractivity contribution in [2.45, 2.75) is 26.3 Å². The molecule has 5 heteroatoms. The van der Waals surface area contributed by atoms with Gasteiger partial charge in [0.2, 0.25) is 5.91 Å². The molecule has 0 aromatic heterocycles. The van der Waals surface area contributed by atoms with Crippen molar-refractivity contribution in [3.63, 3.8) is 0 Å². The summed E-state index contributed by atoms with van der Waals surface area (Å²) in [6.07, 6.45) is 0.402. The quantitative estimate of drug-likeness (QED) is 0.687. The third kappa shape index (κ3) is 6.75. The van der Waals surface area contributed by atoms with Crippen LogP contribution in [0.4, 0.5) is 5.69 Å². The second-order valence-electron chi connectivity index (χ2n) is 6.05. The molecular formula is C20H26N2O3. The molecule has 1 amide bonds. The molecule has 0 bridgehead atoms. The molecule has 25 heavy (non-hydrogen) atoms. The molecule has 134 valence electrons. The molecule has 0 saturated carbocycles. The molecule has 0 radical (unpaired) electrons. The molecule has 5 nitrogen and oxygen atoms in total. The Labute approximate surface area is 149 Å². The Morgan fingerprint density at radius 3 is 2.24 bits per heavy atom. The van der Waals surface area contributed by atoms with Crippen molar-refractivity contribution in [1.82, 2.24) is 5.32 Å². The Hall–Kier alpha value is -2.69. The van der Waals surface area contributed by atoms with Gasteiger partial charge in [-0.15, -0.1) is 0 Å². The van der Waals surface area contributed by atoms with Gasteiger partial charge in [0.1, 0.15) is 18.1 Å². The zero-order valence-electron chi connectivity index (χ0n) is 15.0. The van der Waals surface area contributed by atoms with E-state index < -0.39 is 0 Å². The minimum Gasteiger partial charge on any atom is -0.497 e. The zero-order valence-corrected chi connectivity index (χ0v) is 15.0. The van der Waals surface area contributed by atoms with E-state index in [9.17, 15) is 4.79 Å². The molecule has 2 aromatic carbocycles. The van der Waals surface area contributed by atoms with Crippen molar-refractivity contribution < 1.29 is 14.3 Å². The van der Waals surface area contributed by atoms with E-state index in [4.69, 9.17) is 9.47 Å². The highest BCUT2D eigenvalue weighted by Gasteiger charge is 2.04. The van der Waals surface area contributed by atoms with E-state index in [0.29, 0.717) is 19.6 Å². The van der Waals surface area contributed by atoms with E-state index in [0.717, 1.165) is 22.7 Å². The first-order chi connectivity index (χ1) is 12.1. The van der Waals surface area contributed by atoms with Crippen LogP contribution < -0.4 is 20.1 Å². The molecular weight excluding hydrogens is 316 g/mol. The molecule has 0 heterocycles. The van der Waals surface area contributed by atoms with Gasteiger partial charge in [0, 0.05) is 18.3 Å². The largest absolute Gasteiger partial charge is 0.497 e. The molecule has 0 saturated heterocycles. The van der Waals surface area contributed by atoms with Crippen molar-refractivity contribution in [3.8, 4) is 11.5 Å². The highest BCUT2D eigenvalue weighted by molar-refractivity contribution is 5.78. The smallest absolute Gasteiger partial charge is 0.224 e. The van der Waals surface area contributed by atoms with Gasteiger partial charge < -0.3 is 20.1 Å². The van der Waals surface area contributed by atoms with Gasteiger partial charge in [-0.1, -0.05) is 12.1 Å². The number of amides is 1. The fraction of sp³-hybridized carbons (Fsp3) is 0.350. The van der Waals surface area contributed by atoms with Crippen molar-refractivity contribution in [3.05, 3.63) is 54.1 Å². The van der Waals surface area contributed by atoms with E-state index >= 15 is 0 Å². The average Bonchev–Trinajstić information content (AvgIpc) is 2.60. The number of methoxy groups -OCH3 is 1. The van der Waals surface area contributed by atoms with Crippen molar-refractivity contribution in [2.24, 2.45) is 0 Å². The number of hydrogen-bond donors (Lipinski definition) is 2. The van der Waals surface area contributed by atoms with E-state index in [-0.39, 0.29) is 11.9 Å². The lowest BCUT2D eigenvalue weighted by atomic mass is 10.1. The summed E-state index contributed by atoms with van der Waals surface area (Å²) in [6.45, 7) is 5.17. The van der Waals surface area contributed by atoms with E-state index in [1.54, 1.807) is 7.11 Å². The van der Waals surface area contributed by atoms with Crippen molar-refractivity contribution in [1.29, 1.82) is 0 Å². The summed E-state index contributed by atoms with van der Waals surface area (Å²) in [6, 6.07) is 15.6. The number of ether oxygens (including phenoxy) is 2. The minimum absolute atomic E-state index is 0.0450. The maximum absolute atomic E-state index is 11.7. The van der Waals surface area contributed by atoms with Gasteiger partial charge >= 0.3 is 0 Å². The van der Waals surface area contributed by atoms with Gasteiger partial charge in [0.05, 0.1) is 13.5 Å². The highest BCUT2D eigenvalue weighted by atomic mass is 16.5. The number of anilines is 1. The van der Waals surface area contributed by atoms with Gasteiger partial charge in [0.25, 0.3) is 0 Å². The van der Waals surface area contributed by atoms with Crippen LogP contribution in [-0.4, -0.2) is 32.2 Å². The first-order valence-corrected chi connectivity index (χ1v) is 8.46. The number of hydrogen-bond acceptors (Lipinski definition) is 4. The minimum atomic E-state index is 0.0450. The van der Waals surface area contributed by atoms with Crippen LogP contribution in [0.3, 0.4) is 0 Å². The van der Waals surface area contributed by atoms with Crippen LogP contribution in [-0.2, 0) is 11.2 Å². The summed E-state index contributed by atoms with van der Waals surface area (Å²) in [7, 11) is 1.64. The Kier molecular flexibility index (Phi) is 7.14. The fourth-order valence-corrected chi connectivity index (χ4v) is 2.34. The maximum Gasteiger partial charge on any atom is 0.224 e. The predicted octanol–water partition coefficient (Wildman–Crippen LogP) is 3.25. The van der Waals surface area contributed by atoms with E-state index in [1.807, 2.05) is 62.4 Å². The first-order valence-electron chi connectivity index (χ1n) is 8.46. The lowest BCUT2D eigenvalue weighted by Crippen LogP contribution is -2.31. The van der Waals surface area contributed by atoms with E-state index in [2.05, 4.69) is 10.6 Å². The lowest BCUT2D eigenvalue weighted by Gasteiger charge is -2.10. The molecule has 2 aromatic rings. The number of carbonyl (C=O) groups excluding carboxylic acids is 1. The zero-order chi connectivity index (χ0) is 18.1. The molecule has 2 N–H and O–H groups in total. The standard InChI is InChI=1S/C20H26N2O3/c1-15(2)22-20(23)14-16-4-6-17(7-5-16)21-12-13-25-19-10-8-18(24-3)9-11-19/h4-11,15,21H,12-14H2,1-3H3,(H,22,23). The topological polar surface area (TPSA) is 59.6 Å². The first kappa shape index (κ1) is 18.6. The van der Waals surface area contributed by atoms with Crippen LogP contribution >= 0.6 is 0 Å². The van der Waals surface area contributed by atoms with Gasteiger partial charge in [0.15, 0.2) is 0 Å². The van der Waals surface area contributed by atoms with Crippen molar-refractivity contribution >= 4 is 11.6 Å². The molecule has 0 aliphatic heterocycles. The Balaban J connectivity index is 1.71. The third-order valence-electron chi connectivity index (χ3n) is 3.53. The molecule has 0 spiro atoms. The SMILES string of the molecule is COc1ccc(OCCNc2ccc(CC(=O)NC(C)C)cc2)cc1. The second kappa shape index (κ2) is 9.57. The molecule has 0 aliphatic carbocycles. The molecule has 0 fully saturated rings. The number of benzene rings is 2. The van der Waals surface area contributed by atoms with Crippen LogP contribution in [0.15, 0.2) is 48.5 Å². The van der Waals surface area contributed by atoms with Crippen LogP contribution in [0, 0.1) is 0 Å². The average molecular weight is 342 g/mol. The molecule has 0 atom stereocenters. The van der Waals surface area contributed by atoms with Crippen LogP contribution in [0.1, 0.15) is 19.4 Å². The van der Waals surface area contributed by atoms with Crippen LogP contribution in [0.2, 0.25) is 0 Å². The summed E-state index contributed by atoms with van der Waals surface area (Å²) in [4.78, 5) is 11.7. The highest BCUT2D eigenvalue weighted by Crippen LogP contribution is 2.17. The maximum atomic E-state index is 11.7. The van der Waals surface area contributed by atoms with Crippen molar-refractivity contribution in [2.75, 3.05) is 25.6 Å². The van der Waals surface area contributed by atoms with Crippen LogP contribution in [0.25, 0.3) is 0 Å². The number of nitrogens with one attached hydrogen (secondary N) is 2. The van der Waals surface area contributed by atoms with Gasteiger partial charge in [-0.3, -0.25) is 4.79 Å². The summed E-state index contributed by atoms with van der Waals surface area (Å²) in [5.74, 6) is 1.67. The lowest BCUT2D eigenvalue weighted by molar-refractivity contribution is -0.120. The van der Waals surface area contributed by atoms with Gasteiger partial charge in [-0.2, -0.15) is 0 Å². The van der Waals surface area contributed by atoms with Gasteiger partial charge in [-0.05, 0) is 55.8 Å². The van der Waals surface area contributed by atoms with Crippen LogP contribution in [0.5, 0.6) is 11.5 Å². The fourth-order valence-electron chi connectivity index (χ4n) is 2.34. The molecule has 0 aliphatic rings. The summed E-state index contributed by atoms with van der Waals surface area (Å²) >= 11 is 0. The summed E-state index contributed by atoms with van der Waals surface area (Å²) in [5.41, 5.74) is 2.00. The third-order valence-corrected chi connectivity index (χ3v) is 3.53. The molecule has 2 rings (SSSR count). The summed E-state index contributed by atoms with van der Waals surface area (Å²) in [5, 5.41) is 6.19. The normalized spacial score (nSPS) is 10.4. The van der Waals surface area contributed by atoms with E-state index in [1.165, 1.54) is 0 Å². The van der Waals surface area contributed by atoms with Gasteiger partial charge in [-0.25, -0.2) is 0 Å². The summed E-state index contributed by atoms with van der Waals surface area (Å²) < 4.78 is 10.8. The molecule has 0 unspecified atom stereocenters. The monoisotopic (exact) mass is 342 g/mol. The Morgan fingerprint density at radius 1 is 1.00 bits per heavy atom.